The first-order valence-corrected chi connectivity index (χ1v) is 11.6. The van der Waals surface area contributed by atoms with E-state index in [-0.39, 0.29) is 35.3 Å². The predicted octanol–water partition coefficient (Wildman–Crippen LogP) is 4.02. The molecular weight excluding hydrogens is 478 g/mol. The van der Waals surface area contributed by atoms with Gasteiger partial charge < -0.3 is 4.42 Å². The number of hydrogen-bond donors (Lipinski definition) is 0. The molecule has 3 heterocycles. The van der Waals surface area contributed by atoms with Gasteiger partial charge in [-0.1, -0.05) is 12.1 Å². The third-order valence-corrected chi connectivity index (χ3v) is 7.06. The van der Waals surface area contributed by atoms with E-state index in [1.807, 2.05) is 0 Å². The van der Waals surface area contributed by atoms with Crippen LogP contribution in [0.5, 0.6) is 0 Å². The molecule has 0 fully saturated rings. The molecule has 1 aromatic carbocycles. The Bertz CT molecular complexity index is 1380. The van der Waals surface area contributed by atoms with Gasteiger partial charge >= 0.3 is 6.18 Å². The molecule has 178 valence electrons. The van der Waals surface area contributed by atoms with Gasteiger partial charge in [-0.15, -0.1) is 10.2 Å². The maximum Gasteiger partial charge on any atom is 0.418 e. The van der Waals surface area contributed by atoms with Crippen LogP contribution in [0.25, 0.3) is 17.3 Å². The first-order chi connectivity index (χ1) is 16.1. The number of hydrogen-bond acceptors (Lipinski definition) is 7. The molecule has 0 amide bonds. The molecule has 0 saturated heterocycles. The molecule has 4 aromatic rings. The van der Waals surface area contributed by atoms with Crippen molar-refractivity contribution in [1.82, 2.24) is 24.7 Å². The molecule has 3 aromatic heterocycles. The second kappa shape index (κ2) is 8.97. The number of rotatable bonds is 7. The summed E-state index contributed by atoms with van der Waals surface area (Å²) < 4.78 is 86.7. The lowest BCUT2D eigenvalue weighted by molar-refractivity contribution is -0.137. The third kappa shape index (κ3) is 4.83. The Morgan fingerprint density at radius 2 is 1.76 bits per heavy atom. The fraction of sp³-hybridized carbons (Fsp3) is 0.238. The van der Waals surface area contributed by atoms with E-state index in [1.165, 1.54) is 43.5 Å². The number of alkyl halides is 3. The fourth-order valence-corrected chi connectivity index (χ4v) is 4.52. The number of sulfone groups is 1. The lowest BCUT2D eigenvalue weighted by atomic mass is 10.1. The zero-order valence-corrected chi connectivity index (χ0v) is 18.4. The maximum absolute atomic E-state index is 13.7. The maximum atomic E-state index is 13.7. The van der Waals surface area contributed by atoms with E-state index < -0.39 is 38.4 Å². The summed E-state index contributed by atoms with van der Waals surface area (Å²) in [6.45, 7) is 1.40. The van der Waals surface area contributed by atoms with Crippen molar-refractivity contribution >= 4 is 9.84 Å². The standard InChI is InChI=1S/C21H17F4N5O3S/c1-13(9-18-26-10-14(22)11-27-18)34(31,32)12-19-28-29-20(17-7-4-8-33-17)30(19)16-6-3-2-5-15(16)21(23,24)25/h2-8,10-11,13H,9,12H2,1H3/t13-/m1/s1. The Labute approximate surface area is 191 Å². The van der Waals surface area contributed by atoms with Crippen LogP contribution in [-0.2, 0) is 28.2 Å². The number of aromatic nitrogens is 5. The summed E-state index contributed by atoms with van der Waals surface area (Å²) in [5.74, 6) is -1.47. The summed E-state index contributed by atoms with van der Waals surface area (Å²) in [7, 11) is -3.96. The van der Waals surface area contributed by atoms with Gasteiger partial charge in [0, 0.05) is 6.42 Å². The first-order valence-electron chi connectivity index (χ1n) is 9.89. The van der Waals surface area contributed by atoms with Gasteiger partial charge in [0.15, 0.2) is 27.2 Å². The van der Waals surface area contributed by atoms with Crippen LogP contribution in [0.1, 0.15) is 24.1 Å². The predicted molar refractivity (Wildman–Crippen MR) is 112 cm³/mol. The van der Waals surface area contributed by atoms with Crippen molar-refractivity contribution in [2.75, 3.05) is 0 Å². The van der Waals surface area contributed by atoms with E-state index in [0.29, 0.717) is 0 Å². The molecule has 0 bridgehead atoms. The van der Waals surface area contributed by atoms with Crippen molar-refractivity contribution in [2.45, 2.75) is 30.5 Å². The smallest absolute Gasteiger partial charge is 0.418 e. The molecule has 8 nitrogen and oxygen atoms in total. The van der Waals surface area contributed by atoms with Crippen molar-refractivity contribution in [3.63, 3.8) is 0 Å². The van der Waals surface area contributed by atoms with Gasteiger partial charge in [-0.05, 0) is 31.2 Å². The molecule has 34 heavy (non-hydrogen) atoms. The summed E-state index contributed by atoms with van der Waals surface area (Å²) in [6, 6.07) is 7.70. The summed E-state index contributed by atoms with van der Waals surface area (Å²) in [4.78, 5) is 7.52. The molecule has 0 aliphatic rings. The summed E-state index contributed by atoms with van der Waals surface area (Å²) >= 11 is 0. The summed E-state index contributed by atoms with van der Waals surface area (Å²) in [5.41, 5.74) is -1.33. The lowest BCUT2D eigenvalue weighted by Crippen LogP contribution is -2.25. The van der Waals surface area contributed by atoms with Gasteiger partial charge in [0.1, 0.15) is 11.6 Å². The van der Waals surface area contributed by atoms with Gasteiger partial charge in [0.2, 0.25) is 5.82 Å². The number of halogens is 4. The van der Waals surface area contributed by atoms with E-state index in [9.17, 15) is 26.0 Å². The molecule has 4 rings (SSSR count). The van der Waals surface area contributed by atoms with Crippen molar-refractivity contribution in [3.8, 4) is 17.3 Å². The Morgan fingerprint density at radius 3 is 2.41 bits per heavy atom. The van der Waals surface area contributed by atoms with E-state index in [2.05, 4.69) is 20.2 Å². The van der Waals surface area contributed by atoms with Crippen molar-refractivity contribution in [1.29, 1.82) is 0 Å². The molecule has 0 saturated carbocycles. The summed E-state index contributed by atoms with van der Waals surface area (Å²) in [6.07, 6.45) is -1.69. The fourth-order valence-electron chi connectivity index (χ4n) is 3.29. The first kappa shape index (κ1) is 23.5. The number of nitrogens with zero attached hydrogens (tertiary/aromatic N) is 5. The van der Waals surface area contributed by atoms with Crippen LogP contribution in [0.3, 0.4) is 0 Å². The zero-order valence-electron chi connectivity index (χ0n) is 17.6. The number of benzene rings is 1. The molecule has 0 radical (unpaired) electrons. The van der Waals surface area contributed by atoms with Gasteiger partial charge in [0.05, 0.1) is 35.2 Å². The Kier molecular flexibility index (Phi) is 6.21. The van der Waals surface area contributed by atoms with Crippen LogP contribution in [-0.4, -0.2) is 38.4 Å². The van der Waals surface area contributed by atoms with E-state index in [0.717, 1.165) is 23.0 Å². The van der Waals surface area contributed by atoms with Crippen LogP contribution in [0.4, 0.5) is 17.6 Å². The second-order valence-corrected chi connectivity index (χ2v) is 9.83. The SMILES string of the molecule is C[C@H](Cc1ncc(F)cn1)S(=O)(=O)Cc1nnc(-c2ccco2)n1-c1ccccc1C(F)(F)F. The van der Waals surface area contributed by atoms with Crippen molar-refractivity contribution in [2.24, 2.45) is 0 Å². The Balaban J connectivity index is 1.76. The highest BCUT2D eigenvalue weighted by molar-refractivity contribution is 7.91. The summed E-state index contributed by atoms with van der Waals surface area (Å²) in [5, 5.41) is 6.77. The van der Waals surface area contributed by atoms with Crippen molar-refractivity contribution < 1.29 is 30.4 Å². The minimum Gasteiger partial charge on any atom is -0.461 e. The topological polar surface area (TPSA) is 104 Å². The van der Waals surface area contributed by atoms with Crippen LogP contribution >= 0.6 is 0 Å². The molecule has 0 N–H and O–H groups in total. The van der Waals surface area contributed by atoms with E-state index in [1.54, 1.807) is 0 Å². The molecule has 0 spiro atoms. The molecule has 1 atom stereocenters. The highest BCUT2D eigenvalue weighted by atomic mass is 32.2. The minimum absolute atomic E-state index is 0.0820. The largest absolute Gasteiger partial charge is 0.461 e. The van der Waals surface area contributed by atoms with Gasteiger partial charge in [0.25, 0.3) is 0 Å². The molecule has 0 aliphatic heterocycles. The van der Waals surface area contributed by atoms with Gasteiger partial charge in [-0.2, -0.15) is 13.2 Å². The highest BCUT2D eigenvalue weighted by Crippen LogP contribution is 2.36. The highest BCUT2D eigenvalue weighted by Gasteiger charge is 2.36. The normalized spacial score (nSPS) is 13.2. The van der Waals surface area contributed by atoms with Crippen LogP contribution in [0.2, 0.25) is 0 Å². The zero-order chi connectivity index (χ0) is 24.5. The second-order valence-electron chi connectivity index (χ2n) is 7.41. The monoisotopic (exact) mass is 495 g/mol. The van der Waals surface area contributed by atoms with Crippen molar-refractivity contribution in [3.05, 3.63) is 78.1 Å². The average molecular weight is 495 g/mol. The molecule has 0 unspecified atom stereocenters. The molecule has 13 heteroatoms. The van der Waals surface area contributed by atoms with Crippen LogP contribution in [0.15, 0.2) is 59.5 Å². The Hall–Kier alpha value is -3.61. The molecule has 0 aliphatic carbocycles. The van der Waals surface area contributed by atoms with E-state index in [4.69, 9.17) is 4.42 Å². The number of furan rings is 1. The quantitative estimate of drug-likeness (QED) is 0.357. The average Bonchev–Trinajstić information content (AvgIpc) is 3.44. The van der Waals surface area contributed by atoms with E-state index >= 15 is 0 Å². The van der Waals surface area contributed by atoms with Gasteiger partial charge in [-0.3, -0.25) is 4.57 Å². The minimum atomic E-state index is -4.72. The molecular formula is C21H17F4N5O3S. The van der Waals surface area contributed by atoms with Gasteiger partial charge in [-0.25, -0.2) is 22.8 Å². The number of para-hydroxylation sites is 1. The third-order valence-electron chi connectivity index (χ3n) is 5.01. The van der Waals surface area contributed by atoms with Crippen LogP contribution < -0.4 is 0 Å². The van der Waals surface area contributed by atoms with Crippen LogP contribution in [0, 0.1) is 5.82 Å². The Morgan fingerprint density at radius 1 is 1.06 bits per heavy atom. The lowest BCUT2D eigenvalue weighted by Gasteiger charge is -2.17.